The fourth-order valence-corrected chi connectivity index (χ4v) is 3.69. The molecule has 1 fully saturated rings. The summed E-state index contributed by atoms with van der Waals surface area (Å²) in [4.78, 5) is 21.7. The summed E-state index contributed by atoms with van der Waals surface area (Å²) in [6.07, 6.45) is 6.85. The van der Waals surface area contributed by atoms with Gasteiger partial charge < -0.3 is 14.4 Å². The van der Waals surface area contributed by atoms with Crippen LogP contribution in [0.2, 0.25) is 0 Å². The average Bonchev–Trinajstić information content (AvgIpc) is 3.25. The Morgan fingerprint density at radius 2 is 2.23 bits per heavy atom. The molecular weight excluding hydrogens is 328 g/mol. The minimum atomic E-state index is 0.0366. The van der Waals surface area contributed by atoms with Gasteiger partial charge in [0.2, 0.25) is 0 Å². The maximum Gasteiger partial charge on any atom is 0.274 e. The largest absolute Gasteiger partial charge is 0.337 e. The zero-order valence-corrected chi connectivity index (χ0v) is 16.3. The second-order valence-electron chi connectivity index (χ2n) is 7.40. The normalized spacial score (nSPS) is 17.9. The molecule has 3 heterocycles. The molecule has 0 unspecified atom stereocenters. The molecule has 0 radical (unpaired) electrons. The van der Waals surface area contributed by atoms with Crippen molar-refractivity contribution in [3.05, 3.63) is 35.2 Å². The number of hydrogen-bond acceptors (Lipinski definition) is 4. The lowest BCUT2D eigenvalue weighted by atomic mass is 9.96. The van der Waals surface area contributed by atoms with Crippen molar-refractivity contribution in [1.29, 1.82) is 0 Å². The first-order chi connectivity index (χ1) is 12.5. The van der Waals surface area contributed by atoms with Gasteiger partial charge in [-0.25, -0.2) is 4.98 Å². The fourth-order valence-electron chi connectivity index (χ4n) is 3.69. The number of aromatic amines is 1. The molecule has 1 amide bonds. The summed E-state index contributed by atoms with van der Waals surface area (Å²) in [5.74, 6) is 1.42. The van der Waals surface area contributed by atoms with Gasteiger partial charge in [-0.1, -0.05) is 6.92 Å². The van der Waals surface area contributed by atoms with Crippen molar-refractivity contribution < 1.29 is 4.79 Å². The molecule has 7 heteroatoms. The van der Waals surface area contributed by atoms with Crippen molar-refractivity contribution in [2.45, 2.75) is 45.6 Å². The van der Waals surface area contributed by atoms with E-state index in [1.807, 2.05) is 24.2 Å². The van der Waals surface area contributed by atoms with Gasteiger partial charge in [-0.2, -0.15) is 5.10 Å². The third-order valence-electron chi connectivity index (χ3n) is 5.28. The van der Waals surface area contributed by atoms with Crippen LogP contribution in [0.5, 0.6) is 0 Å². The predicted molar refractivity (Wildman–Crippen MR) is 101 cm³/mol. The minimum Gasteiger partial charge on any atom is -0.337 e. The number of likely N-dealkylation sites (tertiary alicyclic amines) is 1. The van der Waals surface area contributed by atoms with Gasteiger partial charge in [-0.05, 0) is 40.3 Å². The van der Waals surface area contributed by atoms with Gasteiger partial charge in [0.1, 0.15) is 5.82 Å². The smallest absolute Gasteiger partial charge is 0.274 e. The summed E-state index contributed by atoms with van der Waals surface area (Å²) in [5.41, 5.74) is 2.59. The molecule has 0 aliphatic carbocycles. The van der Waals surface area contributed by atoms with Gasteiger partial charge in [0.25, 0.3) is 5.91 Å². The van der Waals surface area contributed by atoms with E-state index in [4.69, 9.17) is 0 Å². The fraction of sp³-hybridized carbons (Fsp3) is 0.632. The monoisotopic (exact) mass is 358 g/mol. The van der Waals surface area contributed by atoms with Crippen LogP contribution in [0, 0.1) is 6.92 Å². The SMILES string of the molecule is CCc1[nH]nc(C(=O)N2CCC[C@@H](c3nccn3CCN(C)C)C2)c1C. The molecule has 1 aliphatic heterocycles. The Hall–Kier alpha value is -2.15. The molecule has 7 nitrogen and oxygen atoms in total. The van der Waals surface area contributed by atoms with Crippen molar-refractivity contribution >= 4 is 5.91 Å². The molecule has 3 rings (SSSR count). The predicted octanol–water partition coefficient (Wildman–Crippen LogP) is 2.06. The molecule has 0 saturated carbocycles. The number of aromatic nitrogens is 4. The van der Waals surface area contributed by atoms with Gasteiger partial charge in [0.05, 0.1) is 0 Å². The number of carbonyl (C=O) groups excluding carboxylic acids is 1. The van der Waals surface area contributed by atoms with E-state index in [0.717, 1.165) is 56.0 Å². The second kappa shape index (κ2) is 8.03. The van der Waals surface area contributed by atoms with E-state index in [0.29, 0.717) is 12.2 Å². The standard InChI is InChI=1S/C19H30N6O/c1-5-16-14(2)17(22-21-16)19(26)25-9-6-7-15(13-25)18-20-8-10-24(18)12-11-23(3)4/h8,10,15H,5-7,9,11-13H2,1-4H3,(H,21,22)/t15-/m1/s1. The number of rotatable bonds is 6. The van der Waals surface area contributed by atoms with Crippen LogP contribution in [-0.4, -0.2) is 69.2 Å². The summed E-state index contributed by atoms with van der Waals surface area (Å²) >= 11 is 0. The number of nitrogens with zero attached hydrogens (tertiary/aromatic N) is 5. The van der Waals surface area contributed by atoms with Gasteiger partial charge >= 0.3 is 0 Å². The Balaban J connectivity index is 1.72. The van der Waals surface area contributed by atoms with Crippen LogP contribution in [0.25, 0.3) is 0 Å². The van der Waals surface area contributed by atoms with Crippen LogP contribution >= 0.6 is 0 Å². The molecule has 1 aliphatic rings. The van der Waals surface area contributed by atoms with Gasteiger partial charge in [-0.3, -0.25) is 9.89 Å². The third-order valence-corrected chi connectivity index (χ3v) is 5.28. The maximum atomic E-state index is 13.0. The number of H-pyrrole nitrogens is 1. The molecule has 0 aromatic carbocycles. The van der Waals surface area contributed by atoms with E-state index in [2.05, 4.69) is 45.7 Å². The van der Waals surface area contributed by atoms with Crippen LogP contribution < -0.4 is 0 Å². The third kappa shape index (κ3) is 3.82. The Bertz CT molecular complexity index is 747. The van der Waals surface area contributed by atoms with E-state index in [-0.39, 0.29) is 11.8 Å². The molecular formula is C19H30N6O. The number of hydrogen-bond donors (Lipinski definition) is 1. The molecule has 0 spiro atoms. The number of imidazole rings is 1. The van der Waals surface area contributed by atoms with E-state index in [1.54, 1.807) is 0 Å². The highest BCUT2D eigenvalue weighted by Gasteiger charge is 2.30. The topological polar surface area (TPSA) is 70.0 Å². The number of carbonyl (C=O) groups is 1. The van der Waals surface area contributed by atoms with Crippen molar-refractivity contribution in [1.82, 2.24) is 29.5 Å². The highest BCUT2D eigenvalue weighted by molar-refractivity contribution is 5.94. The van der Waals surface area contributed by atoms with Gasteiger partial charge in [-0.15, -0.1) is 0 Å². The van der Waals surface area contributed by atoms with Gasteiger partial charge in [0.15, 0.2) is 5.69 Å². The van der Waals surface area contributed by atoms with Crippen molar-refractivity contribution in [3.63, 3.8) is 0 Å². The number of nitrogens with one attached hydrogen (secondary N) is 1. The second-order valence-corrected chi connectivity index (χ2v) is 7.40. The van der Waals surface area contributed by atoms with Gasteiger partial charge in [0, 0.05) is 55.7 Å². The average molecular weight is 358 g/mol. The highest BCUT2D eigenvalue weighted by atomic mass is 16.2. The summed E-state index contributed by atoms with van der Waals surface area (Å²) in [6.45, 7) is 7.45. The molecule has 1 saturated heterocycles. The minimum absolute atomic E-state index is 0.0366. The van der Waals surface area contributed by atoms with Crippen molar-refractivity contribution in [3.8, 4) is 0 Å². The molecule has 2 aromatic heterocycles. The molecule has 0 bridgehead atoms. The first-order valence-corrected chi connectivity index (χ1v) is 9.50. The lowest BCUT2D eigenvalue weighted by Gasteiger charge is -2.32. The summed E-state index contributed by atoms with van der Waals surface area (Å²) < 4.78 is 2.23. The van der Waals surface area contributed by atoms with Crippen LogP contribution in [0.1, 0.15) is 53.3 Å². The highest BCUT2D eigenvalue weighted by Crippen LogP contribution is 2.27. The van der Waals surface area contributed by atoms with Crippen LogP contribution in [0.4, 0.5) is 0 Å². The Morgan fingerprint density at radius 1 is 1.42 bits per heavy atom. The lowest BCUT2D eigenvalue weighted by Crippen LogP contribution is -2.40. The van der Waals surface area contributed by atoms with Crippen molar-refractivity contribution in [2.24, 2.45) is 0 Å². The van der Waals surface area contributed by atoms with E-state index in [1.165, 1.54) is 0 Å². The first-order valence-electron chi connectivity index (χ1n) is 9.50. The summed E-state index contributed by atoms with van der Waals surface area (Å²) in [6, 6.07) is 0. The first kappa shape index (κ1) is 18.6. The van der Waals surface area contributed by atoms with E-state index < -0.39 is 0 Å². The number of aryl methyl sites for hydroxylation is 1. The quantitative estimate of drug-likeness (QED) is 0.858. The molecule has 2 aromatic rings. The zero-order chi connectivity index (χ0) is 18.7. The molecule has 1 N–H and O–H groups in total. The number of piperidine rings is 1. The Morgan fingerprint density at radius 3 is 2.92 bits per heavy atom. The van der Waals surface area contributed by atoms with E-state index in [9.17, 15) is 4.79 Å². The van der Waals surface area contributed by atoms with Crippen LogP contribution in [-0.2, 0) is 13.0 Å². The maximum absolute atomic E-state index is 13.0. The molecule has 142 valence electrons. The zero-order valence-electron chi connectivity index (χ0n) is 16.3. The summed E-state index contributed by atoms with van der Waals surface area (Å²) in [7, 11) is 4.16. The summed E-state index contributed by atoms with van der Waals surface area (Å²) in [5, 5.41) is 7.27. The number of amides is 1. The molecule has 26 heavy (non-hydrogen) atoms. The Labute approximate surface area is 155 Å². The van der Waals surface area contributed by atoms with Crippen LogP contribution in [0.3, 0.4) is 0 Å². The lowest BCUT2D eigenvalue weighted by molar-refractivity contribution is 0.0696. The van der Waals surface area contributed by atoms with Crippen molar-refractivity contribution in [2.75, 3.05) is 33.7 Å². The van der Waals surface area contributed by atoms with Crippen LogP contribution in [0.15, 0.2) is 12.4 Å². The Kier molecular flexibility index (Phi) is 5.76. The molecule has 1 atom stereocenters. The van der Waals surface area contributed by atoms with E-state index >= 15 is 0 Å². The number of likely N-dealkylation sites (N-methyl/N-ethyl adjacent to an activating group) is 1.